The molecule has 0 saturated carbocycles. The average molecular weight is 515 g/mol. The first-order chi connectivity index (χ1) is 13.5. The first-order valence-electron chi connectivity index (χ1n) is 9.94. The van der Waals surface area contributed by atoms with Gasteiger partial charge in [-0.05, 0) is 57.4 Å². The van der Waals surface area contributed by atoms with Crippen molar-refractivity contribution < 1.29 is 9.84 Å². The normalized spacial score (nSPS) is 12.4. The molecule has 1 aromatic carbocycles. The number of aryl methyl sites for hydroxylation is 2. The summed E-state index contributed by atoms with van der Waals surface area (Å²) in [6, 6.07) is 7.51. The maximum absolute atomic E-state index is 10.4. The highest BCUT2D eigenvalue weighted by atomic mass is 127. The van der Waals surface area contributed by atoms with Gasteiger partial charge in [-0.1, -0.05) is 12.1 Å². The van der Waals surface area contributed by atoms with Crippen molar-refractivity contribution in [3.63, 3.8) is 0 Å². The second kappa shape index (κ2) is 13.4. The molecule has 2 rings (SSSR count). The molecule has 0 radical (unpaired) electrons. The summed E-state index contributed by atoms with van der Waals surface area (Å²) in [5, 5.41) is 21.2. The SMILES string of the molecule is CCNC(=NCC(O)c1ccc(OC(C)C)cc1)NCCCn1cc(C)cn1.I. The standard InChI is InChI=1S/C21H33N5O2.HI/c1-5-22-21(23-11-6-12-26-15-17(4)13-25-26)24-14-20(27)18-7-9-19(10-8-18)28-16(2)3;/h7-10,13,15-16,20,27H,5-6,11-12,14H2,1-4H3,(H2,22,23,24);1H. The minimum absolute atomic E-state index is 0. The minimum atomic E-state index is -0.657. The smallest absolute Gasteiger partial charge is 0.191 e. The van der Waals surface area contributed by atoms with Crippen molar-refractivity contribution in [3.05, 3.63) is 47.8 Å². The van der Waals surface area contributed by atoms with Gasteiger partial charge >= 0.3 is 0 Å². The number of rotatable bonds is 10. The Morgan fingerprint density at radius 3 is 2.55 bits per heavy atom. The van der Waals surface area contributed by atoms with Crippen LogP contribution in [0.2, 0.25) is 0 Å². The number of hydrogen-bond acceptors (Lipinski definition) is 4. The fourth-order valence-corrected chi connectivity index (χ4v) is 2.70. The Morgan fingerprint density at radius 1 is 1.24 bits per heavy atom. The summed E-state index contributed by atoms with van der Waals surface area (Å²) in [6.07, 6.45) is 4.31. The van der Waals surface area contributed by atoms with E-state index in [1.807, 2.05) is 69.0 Å². The number of nitrogens with zero attached hydrogens (tertiary/aromatic N) is 3. The molecular formula is C21H34IN5O2. The summed E-state index contributed by atoms with van der Waals surface area (Å²) >= 11 is 0. The van der Waals surface area contributed by atoms with Gasteiger partial charge in [-0.15, -0.1) is 24.0 Å². The van der Waals surface area contributed by atoms with Crippen LogP contribution in [0, 0.1) is 6.92 Å². The van der Waals surface area contributed by atoms with Gasteiger partial charge in [0.15, 0.2) is 5.96 Å². The second-order valence-electron chi connectivity index (χ2n) is 7.03. The van der Waals surface area contributed by atoms with Crippen LogP contribution in [0.25, 0.3) is 0 Å². The first kappa shape index (κ1) is 25.2. The van der Waals surface area contributed by atoms with Crippen molar-refractivity contribution in [2.45, 2.75) is 52.9 Å². The average Bonchev–Trinajstić information content (AvgIpc) is 3.08. The first-order valence-corrected chi connectivity index (χ1v) is 9.94. The van der Waals surface area contributed by atoms with E-state index in [2.05, 4.69) is 20.7 Å². The number of aliphatic imine (C=N–C) groups is 1. The van der Waals surface area contributed by atoms with Gasteiger partial charge in [0, 0.05) is 25.8 Å². The van der Waals surface area contributed by atoms with Crippen molar-refractivity contribution in [1.29, 1.82) is 0 Å². The van der Waals surface area contributed by atoms with E-state index in [1.165, 1.54) is 5.56 Å². The Labute approximate surface area is 191 Å². The number of aliphatic hydroxyl groups is 1. The number of halogens is 1. The molecule has 3 N–H and O–H groups in total. The number of hydrogen-bond donors (Lipinski definition) is 3. The maximum atomic E-state index is 10.4. The van der Waals surface area contributed by atoms with Crippen molar-refractivity contribution in [1.82, 2.24) is 20.4 Å². The zero-order valence-corrected chi connectivity index (χ0v) is 20.1. The molecule has 7 nitrogen and oxygen atoms in total. The molecule has 1 unspecified atom stereocenters. The Balaban J connectivity index is 0.00000420. The lowest BCUT2D eigenvalue weighted by molar-refractivity contribution is 0.186. The highest BCUT2D eigenvalue weighted by Crippen LogP contribution is 2.19. The summed E-state index contributed by atoms with van der Waals surface area (Å²) in [4.78, 5) is 4.50. The summed E-state index contributed by atoms with van der Waals surface area (Å²) in [5.74, 6) is 1.51. The predicted octanol–water partition coefficient (Wildman–Crippen LogP) is 3.28. The largest absolute Gasteiger partial charge is 0.491 e. The fourth-order valence-electron chi connectivity index (χ4n) is 2.70. The molecule has 1 aromatic heterocycles. The molecular weight excluding hydrogens is 481 g/mol. The van der Waals surface area contributed by atoms with E-state index in [-0.39, 0.29) is 36.6 Å². The Bertz CT molecular complexity index is 731. The van der Waals surface area contributed by atoms with Crippen LogP contribution >= 0.6 is 24.0 Å². The highest BCUT2D eigenvalue weighted by Gasteiger charge is 2.08. The molecule has 0 bridgehead atoms. The molecule has 1 heterocycles. The number of aromatic nitrogens is 2. The number of guanidine groups is 1. The van der Waals surface area contributed by atoms with Gasteiger partial charge in [0.1, 0.15) is 5.75 Å². The van der Waals surface area contributed by atoms with E-state index in [4.69, 9.17) is 4.74 Å². The van der Waals surface area contributed by atoms with Crippen LogP contribution < -0.4 is 15.4 Å². The van der Waals surface area contributed by atoms with Crippen LogP contribution in [0.3, 0.4) is 0 Å². The summed E-state index contributed by atoms with van der Waals surface area (Å²) in [7, 11) is 0. The molecule has 29 heavy (non-hydrogen) atoms. The molecule has 0 saturated heterocycles. The molecule has 0 aliphatic rings. The molecule has 0 aliphatic carbocycles. The summed E-state index contributed by atoms with van der Waals surface area (Å²) in [6.45, 7) is 10.7. The lowest BCUT2D eigenvalue weighted by Crippen LogP contribution is -2.38. The van der Waals surface area contributed by atoms with Gasteiger partial charge < -0.3 is 20.5 Å². The molecule has 0 aliphatic heterocycles. The van der Waals surface area contributed by atoms with E-state index in [1.54, 1.807) is 0 Å². The number of nitrogens with one attached hydrogen (secondary N) is 2. The highest BCUT2D eigenvalue weighted by molar-refractivity contribution is 14.0. The number of aliphatic hydroxyl groups excluding tert-OH is 1. The van der Waals surface area contributed by atoms with E-state index >= 15 is 0 Å². The lowest BCUT2D eigenvalue weighted by Gasteiger charge is -2.14. The lowest BCUT2D eigenvalue weighted by atomic mass is 10.1. The molecule has 162 valence electrons. The van der Waals surface area contributed by atoms with Gasteiger partial charge in [-0.25, -0.2) is 0 Å². The molecule has 0 fully saturated rings. The van der Waals surface area contributed by atoms with Gasteiger partial charge in [-0.3, -0.25) is 9.67 Å². The molecule has 0 spiro atoms. The topological polar surface area (TPSA) is 83.7 Å². The van der Waals surface area contributed by atoms with Crippen LogP contribution in [0.5, 0.6) is 5.75 Å². The monoisotopic (exact) mass is 515 g/mol. The second-order valence-corrected chi connectivity index (χ2v) is 7.03. The maximum Gasteiger partial charge on any atom is 0.191 e. The van der Waals surface area contributed by atoms with Gasteiger partial charge in [0.25, 0.3) is 0 Å². The van der Waals surface area contributed by atoms with Gasteiger partial charge in [-0.2, -0.15) is 5.10 Å². The van der Waals surface area contributed by atoms with Crippen LogP contribution in [0.4, 0.5) is 0 Å². The molecule has 1 atom stereocenters. The third-order valence-corrected chi connectivity index (χ3v) is 4.02. The number of benzene rings is 1. The van der Waals surface area contributed by atoms with Crippen LogP contribution in [0.1, 0.15) is 44.4 Å². The van der Waals surface area contributed by atoms with Crippen LogP contribution in [-0.2, 0) is 6.54 Å². The van der Waals surface area contributed by atoms with Gasteiger partial charge in [0.05, 0.1) is 24.9 Å². The number of ether oxygens (including phenoxy) is 1. The third-order valence-electron chi connectivity index (χ3n) is 4.02. The zero-order valence-electron chi connectivity index (χ0n) is 17.8. The van der Waals surface area contributed by atoms with Crippen molar-refractivity contribution in [2.75, 3.05) is 19.6 Å². The molecule has 8 heteroatoms. The quantitative estimate of drug-likeness (QED) is 0.196. The fraction of sp³-hybridized carbons (Fsp3) is 0.524. The molecule has 2 aromatic rings. The van der Waals surface area contributed by atoms with E-state index in [0.717, 1.165) is 37.4 Å². The van der Waals surface area contributed by atoms with Crippen molar-refractivity contribution >= 4 is 29.9 Å². The summed E-state index contributed by atoms with van der Waals surface area (Å²) in [5.41, 5.74) is 1.99. The zero-order chi connectivity index (χ0) is 20.4. The van der Waals surface area contributed by atoms with Crippen LogP contribution in [0.15, 0.2) is 41.7 Å². The Kier molecular flexibility index (Phi) is 11.7. The summed E-state index contributed by atoms with van der Waals surface area (Å²) < 4.78 is 7.57. The minimum Gasteiger partial charge on any atom is -0.491 e. The van der Waals surface area contributed by atoms with Crippen LogP contribution in [-0.4, -0.2) is 46.6 Å². The van der Waals surface area contributed by atoms with E-state index < -0.39 is 6.10 Å². The predicted molar refractivity (Wildman–Crippen MR) is 128 cm³/mol. The van der Waals surface area contributed by atoms with E-state index in [0.29, 0.717) is 5.96 Å². The molecule has 0 amide bonds. The van der Waals surface area contributed by atoms with E-state index in [9.17, 15) is 5.11 Å². The van der Waals surface area contributed by atoms with Gasteiger partial charge in [0.2, 0.25) is 0 Å². The Morgan fingerprint density at radius 2 is 1.97 bits per heavy atom. The third kappa shape index (κ3) is 9.49. The van der Waals surface area contributed by atoms with Crippen molar-refractivity contribution in [2.24, 2.45) is 4.99 Å². The van der Waals surface area contributed by atoms with Crippen molar-refractivity contribution in [3.8, 4) is 5.75 Å². The Hall–Kier alpha value is -1.81.